The zero-order valence-corrected chi connectivity index (χ0v) is 13.0. The predicted octanol–water partition coefficient (Wildman–Crippen LogP) is 2.43. The van der Waals surface area contributed by atoms with E-state index >= 15 is 0 Å². The van der Waals surface area contributed by atoms with E-state index in [1.807, 2.05) is 6.92 Å². The highest BCUT2D eigenvalue weighted by Crippen LogP contribution is 2.43. The molecule has 1 aliphatic rings. The summed E-state index contributed by atoms with van der Waals surface area (Å²) >= 11 is 0. The largest absolute Gasteiger partial charge is 0.469 e. The number of carbonyl (C=O) groups excluding carboxylic acids is 2. The van der Waals surface area contributed by atoms with E-state index in [2.05, 4.69) is 6.92 Å². The van der Waals surface area contributed by atoms with Gasteiger partial charge in [-0.05, 0) is 43.9 Å². The monoisotopic (exact) mass is 284 g/mol. The number of aldehydes is 1. The van der Waals surface area contributed by atoms with Crippen molar-refractivity contribution in [2.75, 3.05) is 7.11 Å². The van der Waals surface area contributed by atoms with E-state index in [-0.39, 0.29) is 35.7 Å². The standard InChI is InChI=1S/C16H28O4/c1-10-5-7-14(12(3)16(19)20-4)15(9-17)13(10)8-6-11(2)18/h9-15,18H,5-8H2,1-4H3/t10-,11+,12-,13+,14+,15+/m1/s1. The van der Waals surface area contributed by atoms with Crippen molar-refractivity contribution in [1.29, 1.82) is 0 Å². The molecule has 1 N–H and O–H groups in total. The lowest BCUT2D eigenvalue weighted by atomic mass is 9.63. The number of hydrogen-bond acceptors (Lipinski definition) is 4. The van der Waals surface area contributed by atoms with Gasteiger partial charge in [0.1, 0.15) is 6.29 Å². The Morgan fingerprint density at radius 2 is 2.05 bits per heavy atom. The van der Waals surface area contributed by atoms with Crippen molar-refractivity contribution in [3.05, 3.63) is 0 Å². The van der Waals surface area contributed by atoms with E-state index in [1.54, 1.807) is 6.92 Å². The normalized spacial score (nSPS) is 33.2. The summed E-state index contributed by atoms with van der Waals surface area (Å²) in [4.78, 5) is 23.3. The predicted molar refractivity (Wildman–Crippen MR) is 77.0 cm³/mol. The second kappa shape index (κ2) is 7.77. The van der Waals surface area contributed by atoms with Gasteiger partial charge in [0.15, 0.2) is 0 Å². The lowest BCUT2D eigenvalue weighted by Gasteiger charge is -2.41. The summed E-state index contributed by atoms with van der Waals surface area (Å²) in [7, 11) is 1.39. The molecule has 6 atom stereocenters. The zero-order chi connectivity index (χ0) is 15.3. The molecule has 0 unspecified atom stereocenters. The van der Waals surface area contributed by atoms with E-state index in [4.69, 9.17) is 4.74 Å². The molecule has 0 amide bonds. The molecule has 116 valence electrons. The smallest absolute Gasteiger partial charge is 0.308 e. The van der Waals surface area contributed by atoms with Crippen molar-refractivity contribution in [1.82, 2.24) is 0 Å². The average molecular weight is 284 g/mol. The first-order valence-electron chi connectivity index (χ1n) is 7.63. The van der Waals surface area contributed by atoms with Crippen LogP contribution in [0.2, 0.25) is 0 Å². The van der Waals surface area contributed by atoms with E-state index < -0.39 is 0 Å². The van der Waals surface area contributed by atoms with Crippen LogP contribution in [0.15, 0.2) is 0 Å². The third-order valence-corrected chi connectivity index (χ3v) is 4.97. The van der Waals surface area contributed by atoms with Crippen LogP contribution in [-0.4, -0.2) is 30.6 Å². The number of aliphatic hydroxyl groups is 1. The molecule has 1 rings (SSSR count). The van der Waals surface area contributed by atoms with Crippen molar-refractivity contribution >= 4 is 12.3 Å². The van der Waals surface area contributed by atoms with Crippen LogP contribution in [0.3, 0.4) is 0 Å². The third-order valence-electron chi connectivity index (χ3n) is 4.97. The molecular weight excluding hydrogens is 256 g/mol. The molecule has 4 nitrogen and oxygen atoms in total. The summed E-state index contributed by atoms with van der Waals surface area (Å²) in [6.45, 7) is 5.80. The first kappa shape index (κ1) is 17.2. The fourth-order valence-corrected chi connectivity index (χ4v) is 3.62. The minimum atomic E-state index is -0.340. The highest BCUT2D eigenvalue weighted by Gasteiger charge is 2.41. The number of aliphatic hydroxyl groups excluding tert-OH is 1. The van der Waals surface area contributed by atoms with Crippen molar-refractivity contribution < 1.29 is 19.4 Å². The first-order chi connectivity index (χ1) is 9.42. The topological polar surface area (TPSA) is 63.6 Å². The molecule has 0 bridgehead atoms. The molecule has 1 saturated carbocycles. The lowest BCUT2D eigenvalue weighted by Crippen LogP contribution is -2.40. The molecule has 1 aliphatic carbocycles. The Morgan fingerprint density at radius 1 is 1.40 bits per heavy atom. The fraction of sp³-hybridized carbons (Fsp3) is 0.875. The molecule has 0 radical (unpaired) electrons. The zero-order valence-electron chi connectivity index (χ0n) is 13.0. The van der Waals surface area contributed by atoms with Crippen molar-refractivity contribution in [2.24, 2.45) is 29.6 Å². The first-order valence-corrected chi connectivity index (χ1v) is 7.63. The fourth-order valence-electron chi connectivity index (χ4n) is 3.62. The van der Waals surface area contributed by atoms with Gasteiger partial charge in [-0.1, -0.05) is 20.3 Å². The minimum absolute atomic E-state index is 0.0650. The van der Waals surface area contributed by atoms with Crippen LogP contribution in [-0.2, 0) is 14.3 Å². The van der Waals surface area contributed by atoms with Crippen LogP contribution >= 0.6 is 0 Å². The van der Waals surface area contributed by atoms with Gasteiger partial charge >= 0.3 is 5.97 Å². The molecule has 0 saturated heterocycles. The van der Waals surface area contributed by atoms with Gasteiger partial charge in [-0.3, -0.25) is 4.79 Å². The maximum Gasteiger partial charge on any atom is 0.308 e. The van der Waals surface area contributed by atoms with Crippen molar-refractivity contribution in [3.63, 3.8) is 0 Å². The number of carbonyl (C=O) groups is 2. The molecule has 0 spiro atoms. The Bertz CT molecular complexity index is 326. The number of hydrogen-bond donors (Lipinski definition) is 1. The summed E-state index contributed by atoms with van der Waals surface area (Å²) in [5.74, 6) is 0.210. The van der Waals surface area contributed by atoms with Crippen LogP contribution in [0.5, 0.6) is 0 Å². The van der Waals surface area contributed by atoms with Gasteiger partial charge in [-0.2, -0.15) is 0 Å². The van der Waals surface area contributed by atoms with Crippen molar-refractivity contribution in [3.8, 4) is 0 Å². The van der Waals surface area contributed by atoms with Crippen LogP contribution in [0.1, 0.15) is 46.5 Å². The Morgan fingerprint density at radius 3 is 2.55 bits per heavy atom. The molecule has 0 aromatic rings. The second-order valence-corrected chi connectivity index (χ2v) is 6.33. The molecular formula is C16H28O4. The molecule has 4 heteroatoms. The molecule has 0 aromatic carbocycles. The van der Waals surface area contributed by atoms with Crippen LogP contribution in [0, 0.1) is 29.6 Å². The Balaban J connectivity index is 2.82. The summed E-state index contributed by atoms with van der Waals surface area (Å²) in [5, 5.41) is 9.47. The SMILES string of the molecule is COC(=O)[C@H](C)[C@@H]1CC[C@@H](C)[C@H](CC[C@H](C)O)[C@@H]1C=O. The van der Waals surface area contributed by atoms with Gasteiger partial charge in [0, 0.05) is 5.92 Å². The third kappa shape index (κ3) is 4.05. The maximum absolute atomic E-state index is 11.7. The minimum Gasteiger partial charge on any atom is -0.469 e. The van der Waals surface area contributed by atoms with Gasteiger partial charge < -0.3 is 14.6 Å². The quantitative estimate of drug-likeness (QED) is 0.601. The number of ether oxygens (including phenoxy) is 1. The van der Waals surface area contributed by atoms with Crippen LogP contribution in [0.4, 0.5) is 0 Å². The molecule has 0 aromatic heterocycles. The lowest BCUT2D eigenvalue weighted by molar-refractivity contribution is -0.149. The Kier molecular flexibility index (Phi) is 6.66. The second-order valence-electron chi connectivity index (χ2n) is 6.33. The van der Waals surface area contributed by atoms with Gasteiger partial charge in [0.05, 0.1) is 19.1 Å². The highest BCUT2D eigenvalue weighted by atomic mass is 16.5. The van der Waals surface area contributed by atoms with E-state index in [9.17, 15) is 14.7 Å². The summed E-state index contributed by atoms with van der Waals surface area (Å²) in [6.07, 6.45) is 4.15. The van der Waals surface area contributed by atoms with Crippen LogP contribution < -0.4 is 0 Å². The average Bonchev–Trinajstić information content (AvgIpc) is 2.43. The summed E-state index contributed by atoms with van der Waals surface area (Å²) in [5.41, 5.74) is 0. The maximum atomic E-state index is 11.7. The number of esters is 1. The molecule has 1 fully saturated rings. The van der Waals surface area contributed by atoms with Gasteiger partial charge in [-0.15, -0.1) is 0 Å². The highest BCUT2D eigenvalue weighted by molar-refractivity contribution is 5.73. The molecule has 0 heterocycles. The molecule has 20 heavy (non-hydrogen) atoms. The number of rotatable bonds is 6. The van der Waals surface area contributed by atoms with Crippen molar-refractivity contribution in [2.45, 2.75) is 52.6 Å². The number of methoxy groups -OCH3 is 1. The van der Waals surface area contributed by atoms with E-state index in [1.165, 1.54) is 7.11 Å². The van der Waals surface area contributed by atoms with Gasteiger partial charge in [-0.25, -0.2) is 0 Å². The Labute approximate surface area is 121 Å². The summed E-state index contributed by atoms with van der Waals surface area (Å²) < 4.78 is 4.82. The molecule has 0 aliphatic heterocycles. The van der Waals surface area contributed by atoms with Gasteiger partial charge in [0.25, 0.3) is 0 Å². The van der Waals surface area contributed by atoms with Gasteiger partial charge in [0.2, 0.25) is 0 Å². The summed E-state index contributed by atoms with van der Waals surface area (Å²) in [6, 6.07) is 0. The van der Waals surface area contributed by atoms with Crippen LogP contribution in [0.25, 0.3) is 0 Å². The Hall–Kier alpha value is -0.900. The van der Waals surface area contributed by atoms with E-state index in [0.717, 1.165) is 25.5 Å². The van der Waals surface area contributed by atoms with E-state index in [0.29, 0.717) is 12.3 Å².